The molecule has 0 aromatic heterocycles. The lowest BCUT2D eigenvalue weighted by molar-refractivity contribution is 0.0897. The van der Waals surface area contributed by atoms with Gasteiger partial charge >= 0.3 is 0 Å². The second-order valence-electron chi connectivity index (χ2n) is 6.36. The fourth-order valence-electron chi connectivity index (χ4n) is 3.42. The molecule has 1 aliphatic carbocycles. The van der Waals surface area contributed by atoms with Gasteiger partial charge in [0.05, 0.1) is 0 Å². The molecule has 0 aromatic carbocycles. The summed E-state index contributed by atoms with van der Waals surface area (Å²) in [4.78, 5) is 2.60. The van der Waals surface area contributed by atoms with E-state index in [0.29, 0.717) is 18.6 Å². The van der Waals surface area contributed by atoms with E-state index in [1.54, 1.807) is 0 Å². The molecule has 1 heterocycles. The highest BCUT2D eigenvalue weighted by Gasteiger charge is 2.29. The maximum Gasteiger partial charge on any atom is 0.0443 e. The molecule has 2 unspecified atom stereocenters. The number of likely N-dealkylation sites (tertiary alicyclic amines) is 1. The number of nitrogens with one attached hydrogen (secondary N) is 1. The molecular weight excluding hydrogens is 240 g/mol. The predicted molar refractivity (Wildman–Crippen MR) is 77.1 cm³/mol. The van der Waals surface area contributed by atoms with Crippen LogP contribution in [0.2, 0.25) is 0 Å². The predicted octanol–water partition coefficient (Wildman–Crippen LogP) is 0.831. The summed E-state index contributed by atoms with van der Waals surface area (Å²) in [5.74, 6) is 1.55. The molecule has 0 amide bonds. The minimum atomic E-state index is 0.269. The zero-order valence-electron chi connectivity index (χ0n) is 12.1. The van der Waals surface area contributed by atoms with Crippen molar-refractivity contribution < 1.29 is 10.2 Å². The molecule has 4 heteroatoms. The Morgan fingerprint density at radius 1 is 1.05 bits per heavy atom. The summed E-state index contributed by atoms with van der Waals surface area (Å²) in [6.07, 6.45) is 7.17. The zero-order valence-corrected chi connectivity index (χ0v) is 12.1. The van der Waals surface area contributed by atoms with Crippen LogP contribution in [-0.2, 0) is 0 Å². The van der Waals surface area contributed by atoms with E-state index in [0.717, 1.165) is 38.4 Å². The Balaban J connectivity index is 1.77. The Kier molecular flexibility index (Phi) is 6.57. The van der Waals surface area contributed by atoms with Crippen LogP contribution in [0.3, 0.4) is 0 Å². The van der Waals surface area contributed by atoms with Crippen molar-refractivity contribution in [3.63, 3.8) is 0 Å². The quantitative estimate of drug-likeness (QED) is 0.572. The zero-order chi connectivity index (χ0) is 13.5. The summed E-state index contributed by atoms with van der Waals surface area (Å²) in [6.45, 7) is 5.04. The molecule has 112 valence electrons. The maximum atomic E-state index is 9.17. The van der Waals surface area contributed by atoms with Crippen molar-refractivity contribution in [3.8, 4) is 0 Å². The molecular formula is C15H30N2O2. The second-order valence-corrected chi connectivity index (χ2v) is 6.36. The van der Waals surface area contributed by atoms with E-state index in [1.165, 1.54) is 32.2 Å². The van der Waals surface area contributed by atoms with Crippen molar-refractivity contribution >= 4 is 0 Å². The fourth-order valence-corrected chi connectivity index (χ4v) is 3.42. The van der Waals surface area contributed by atoms with E-state index < -0.39 is 0 Å². The molecule has 19 heavy (non-hydrogen) atoms. The molecule has 0 radical (unpaired) electrons. The smallest absolute Gasteiger partial charge is 0.0443 e. The van der Waals surface area contributed by atoms with Gasteiger partial charge in [0.25, 0.3) is 0 Å². The molecule has 2 atom stereocenters. The highest BCUT2D eigenvalue weighted by Crippen LogP contribution is 2.29. The van der Waals surface area contributed by atoms with Gasteiger partial charge < -0.3 is 20.4 Å². The van der Waals surface area contributed by atoms with E-state index in [-0.39, 0.29) is 6.61 Å². The van der Waals surface area contributed by atoms with Crippen LogP contribution in [0.25, 0.3) is 0 Å². The van der Waals surface area contributed by atoms with Gasteiger partial charge in [-0.25, -0.2) is 0 Å². The van der Waals surface area contributed by atoms with Gasteiger partial charge in [-0.3, -0.25) is 0 Å². The second kappa shape index (κ2) is 8.20. The number of nitrogens with zero attached hydrogens (tertiary/aromatic N) is 1. The minimum absolute atomic E-state index is 0.269. The Morgan fingerprint density at radius 2 is 1.89 bits per heavy atom. The molecule has 1 aliphatic heterocycles. The number of piperidine rings is 1. The maximum absolute atomic E-state index is 9.17. The van der Waals surface area contributed by atoms with Crippen LogP contribution < -0.4 is 5.32 Å². The number of hydrogen-bond donors (Lipinski definition) is 3. The standard InChI is InChI=1S/C15H30N2O2/c18-7-2-6-16-15-9-14(5-8-19)11-17(12-15)10-13-3-1-4-13/h13-16,18-19H,1-12H2. The van der Waals surface area contributed by atoms with Crippen molar-refractivity contribution in [1.29, 1.82) is 0 Å². The summed E-state index contributed by atoms with van der Waals surface area (Å²) in [5.41, 5.74) is 0. The number of aliphatic hydroxyl groups excluding tert-OH is 2. The first-order valence-corrected chi connectivity index (χ1v) is 7.99. The van der Waals surface area contributed by atoms with E-state index in [2.05, 4.69) is 10.2 Å². The molecule has 3 N–H and O–H groups in total. The molecule has 1 saturated heterocycles. The van der Waals surface area contributed by atoms with Gasteiger partial charge in [0, 0.05) is 38.9 Å². The SMILES string of the molecule is OCCCNC1CC(CCO)CN(CC2CCC2)C1. The lowest BCUT2D eigenvalue weighted by atomic mass is 9.83. The van der Waals surface area contributed by atoms with Gasteiger partial charge in [-0.05, 0) is 50.5 Å². The van der Waals surface area contributed by atoms with Crippen LogP contribution >= 0.6 is 0 Å². The first-order chi connectivity index (χ1) is 9.31. The van der Waals surface area contributed by atoms with Crippen LogP contribution in [0.15, 0.2) is 0 Å². The summed E-state index contributed by atoms with van der Waals surface area (Å²) in [7, 11) is 0. The minimum Gasteiger partial charge on any atom is -0.396 e. The lowest BCUT2D eigenvalue weighted by Crippen LogP contribution is -2.51. The molecule has 0 aromatic rings. The normalized spacial score (nSPS) is 29.4. The average molecular weight is 270 g/mol. The van der Waals surface area contributed by atoms with Gasteiger partial charge in [0.2, 0.25) is 0 Å². The van der Waals surface area contributed by atoms with Crippen LogP contribution in [-0.4, -0.2) is 60.5 Å². The third-order valence-electron chi connectivity index (χ3n) is 4.66. The fraction of sp³-hybridized carbons (Fsp3) is 1.00. The van der Waals surface area contributed by atoms with Gasteiger partial charge in [-0.15, -0.1) is 0 Å². The first-order valence-electron chi connectivity index (χ1n) is 7.99. The van der Waals surface area contributed by atoms with Gasteiger partial charge in [0.15, 0.2) is 0 Å². The van der Waals surface area contributed by atoms with Crippen molar-refractivity contribution in [1.82, 2.24) is 10.2 Å². The molecule has 2 rings (SSSR count). The molecule has 1 saturated carbocycles. The summed E-state index contributed by atoms with van der Waals surface area (Å²) in [5, 5.41) is 21.6. The summed E-state index contributed by atoms with van der Waals surface area (Å²) in [6, 6.07) is 0.539. The van der Waals surface area contributed by atoms with Crippen LogP contribution in [0.5, 0.6) is 0 Å². The monoisotopic (exact) mass is 270 g/mol. The van der Waals surface area contributed by atoms with Crippen LogP contribution in [0, 0.1) is 11.8 Å². The van der Waals surface area contributed by atoms with Gasteiger partial charge in [-0.1, -0.05) is 6.42 Å². The molecule has 2 aliphatic rings. The Morgan fingerprint density at radius 3 is 2.53 bits per heavy atom. The third-order valence-corrected chi connectivity index (χ3v) is 4.66. The van der Waals surface area contributed by atoms with E-state index in [9.17, 15) is 5.11 Å². The molecule has 2 fully saturated rings. The van der Waals surface area contributed by atoms with Crippen LogP contribution in [0.4, 0.5) is 0 Å². The summed E-state index contributed by atoms with van der Waals surface area (Å²) >= 11 is 0. The summed E-state index contributed by atoms with van der Waals surface area (Å²) < 4.78 is 0. The van der Waals surface area contributed by atoms with Gasteiger partial charge in [0.1, 0.15) is 0 Å². The Hall–Kier alpha value is -0.160. The van der Waals surface area contributed by atoms with Crippen molar-refractivity contribution in [3.05, 3.63) is 0 Å². The molecule has 0 bridgehead atoms. The Labute approximate surface area is 117 Å². The largest absolute Gasteiger partial charge is 0.396 e. The van der Waals surface area contributed by atoms with E-state index in [1.807, 2.05) is 0 Å². The van der Waals surface area contributed by atoms with Crippen molar-refractivity contribution in [2.24, 2.45) is 11.8 Å². The van der Waals surface area contributed by atoms with Crippen molar-refractivity contribution in [2.45, 2.75) is 44.6 Å². The van der Waals surface area contributed by atoms with Crippen LogP contribution in [0.1, 0.15) is 38.5 Å². The van der Waals surface area contributed by atoms with E-state index >= 15 is 0 Å². The highest BCUT2D eigenvalue weighted by molar-refractivity contribution is 4.85. The van der Waals surface area contributed by atoms with Crippen molar-refractivity contribution in [2.75, 3.05) is 39.4 Å². The lowest BCUT2D eigenvalue weighted by Gasteiger charge is -2.41. The highest BCUT2D eigenvalue weighted by atomic mass is 16.3. The Bertz CT molecular complexity index is 246. The topological polar surface area (TPSA) is 55.7 Å². The first kappa shape index (κ1) is 15.2. The number of aliphatic hydroxyl groups is 2. The molecule has 0 spiro atoms. The van der Waals surface area contributed by atoms with E-state index in [4.69, 9.17) is 5.11 Å². The third kappa shape index (κ3) is 5.03. The number of hydrogen-bond acceptors (Lipinski definition) is 4. The average Bonchev–Trinajstić information content (AvgIpc) is 2.35. The van der Waals surface area contributed by atoms with Gasteiger partial charge in [-0.2, -0.15) is 0 Å². The number of rotatable bonds is 8. The molecule has 4 nitrogen and oxygen atoms in total.